The van der Waals surface area contributed by atoms with Crippen LogP contribution in [0.5, 0.6) is 0 Å². The third-order valence-corrected chi connectivity index (χ3v) is 6.18. The number of nitrogens with zero attached hydrogens (tertiary/aromatic N) is 2. The molecule has 0 bridgehead atoms. The number of anilines is 2. The van der Waals surface area contributed by atoms with Crippen molar-refractivity contribution in [3.63, 3.8) is 0 Å². The third-order valence-electron chi connectivity index (χ3n) is 6.18. The number of pyridine rings is 1. The second-order valence-electron chi connectivity index (χ2n) is 8.46. The molecule has 2 heterocycles. The van der Waals surface area contributed by atoms with Crippen LogP contribution in [0, 0.1) is 5.92 Å². The molecule has 0 radical (unpaired) electrons. The molecule has 0 aliphatic heterocycles. The molecule has 0 saturated heterocycles. The molecule has 1 aliphatic rings. The summed E-state index contributed by atoms with van der Waals surface area (Å²) in [4.78, 5) is 30.6. The highest BCUT2D eigenvalue weighted by atomic mass is 16.2. The van der Waals surface area contributed by atoms with E-state index in [9.17, 15) is 9.59 Å². The van der Waals surface area contributed by atoms with Gasteiger partial charge in [-0.05, 0) is 43.2 Å². The van der Waals surface area contributed by atoms with Gasteiger partial charge in [0.1, 0.15) is 17.2 Å². The van der Waals surface area contributed by atoms with Crippen LogP contribution in [0.3, 0.4) is 0 Å². The number of rotatable bonds is 5. The van der Waals surface area contributed by atoms with Crippen LogP contribution in [0.25, 0.3) is 16.9 Å². The summed E-state index contributed by atoms with van der Waals surface area (Å²) in [6.07, 6.45) is 7.15. The summed E-state index contributed by atoms with van der Waals surface area (Å²) in [5.74, 6) is 0.452. The van der Waals surface area contributed by atoms with Crippen LogP contribution in [-0.2, 0) is 4.79 Å². The molecule has 166 valence electrons. The first-order valence-electron chi connectivity index (χ1n) is 11.4. The lowest BCUT2D eigenvalue weighted by Gasteiger charge is -2.20. The third kappa shape index (κ3) is 4.51. The van der Waals surface area contributed by atoms with Gasteiger partial charge in [-0.1, -0.05) is 61.7 Å². The number of aromatic nitrogens is 2. The Balaban J connectivity index is 1.40. The van der Waals surface area contributed by atoms with Crippen molar-refractivity contribution in [1.82, 2.24) is 9.38 Å². The van der Waals surface area contributed by atoms with Gasteiger partial charge in [0, 0.05) is 28.9 Å². The molecule has 5 rings (SSSR count). The first kappa shape index (κ1) is 20.9. The Labute approximate surface area is 192 Å². The molecule has 2 N–H and O–H groups in total. The number of fused-ring (bicyclic) bond motifs is 1. The predicted molar refractivity (Wildman–Crippen MR) is 130 cm³/mol. The highest BCUT2D eigenvalue weighted by Crippen LogP contribution is 2.29. The number of carbonyl (C=O) groups is 2. The van der Waals surface area contributed by atoms with Crippen molar-refractivity contribution in [1.29, 1.82) is 0 Å². The molecule has 33 heavy (non-hydrogen) atoms. The Kier molecular flexibility index (Phi) is 5.89. The van der Waals surface area contributed by atoms with Crippen molar-refractivity contribution >= 4 is 29.0 Å². The fourth-order valence-electron chi connectivity index (χ4n) is 4.44. The van der Waals surface area contributed by atoms with E-state index in [1.165, 1.54) is 6.42 Å². The number of carbonyl (C=O) groups excluding carboxylic acids is 2. The zero-order chi connectivity index (χ0) is 22.6. The van der Waals surface area contributed by atoms with Gasteiger partial charge < -0.3 is 10.6 Å². The van der Waals surface area contributed by atoms with Crippen LogP contribution in [-0.4, -0.2) is 21.2 Å². The summed E-state index contributed by atoms with van der Waals surface area (Å²) in [5.41, 5.74) is 3.49. The first-order chi connectivity index (χ1) is 16.2. The Bertz CT molecular complexity index is 1290. The average molecular weight is 439 g/mol. The zero-order valence-corrected chi connectivity index (χ0v) is 18.3. The second-order valence-corrected chi connectivity index (χ2v) is 8.46. The molecule has 0 unspecified atom stereocenters. The number of imidazole rings is 1. The van der Waals surface area contributed by atoms with Gasteiger partial charge in [-0.15, -0.1) is 0 Å². The molecule has 1 fully saturated rings. The quantitative estimate of drug-likeness (QED) is 0.415. The second kappa shape index (κ2) is 9.28. The minimum absolute atomic E-state index is 0.0420. The van der Waals surface area contributed by atoms with Crippen LogP contribution in [0.4, 0.5) is 11.5 Å². The summed E-state index contributed by atoms with van der Waals surface area (Å²) in [7, 11) is 0. The Morgan fingerprint density at radius 2 is 1.64 bits per heavy atom. The molecule has 6 heteroatoms. The molecule has 0 atom stereocenters. The lowest BCUT2D eigenvalue weighted by atomic mass is 9.88. The maximum absolute atomic E-state index is 13.2. The van der Waals surface area contributed by atoms with E-state index in [1.807, 2.05) is 65.2 Å². The molecule has 2 aromatic heterocycles. The summed E-state index contributed by atoms with van der Waals surface area (Å²) >= 11 is 0. The van der Waals surface area contributed by atoms with Crippen molar-refractivity contribution in [2.24, 2.45) is 5.92 Å². The van der Waals surface area contributed by atoms with E-state index < -0.39 is 0 Å². The topological polar surface area (TPSA) is 75.5 Å². The number of hydrogen-bond donors (Lipinski definition) is 2. The van der Waals surface area contributed by atoms with Gasteiger partial charge in [0.05, 0.1) is 0 Å². The maximum atomic E-state index is 13.2. The summed E-state index contributed by atoms with van der Waals surface area (Å²) < 4.78 is 1.87. The maximum Gasteiger partial charge on any atom is 0.256 e. The molecule has 1 aliphatic carbocycles. The number of amides is 2. The van der Waals surface area contributed by atoms with Crippen LogP contribution >= 0.6 is 0 Å². The summed E-state index contributed by atoms with van der Waals surface area (Å²) in [5, 5.41) is 6.04. The normalized spacial score (nSPS) is 14.2. The van der Waals surface area contributed by atoms with Crippen molar-refractivity contribution in [3.05, 3.63) is 84.6 Å². The molecular weight excluding hydrogens is 412 g/mol. The van der Waals surface area contributed by atoms with Gasteiger partial charge in [-0.25, -0.2) is 4.98 Å². The van der Waals surface area contributed by atoms with Gasteiger partial charge in [-0.2, -0.15) is 0 Å². The van der Waals surface area contributed by atoms with Crippen LogP contribution < -0.4 is 10.6 Å². The van der Waals surface area contributed by atoms with Gasteiger partial charge in [0.2, 0.25) is 5.91 Å². The van der Waals surface area contributed by atoms with Crippen molar-refractivity contribution in [2.75, 3.05) is 10.6 Å². The molecule has 0 spiro atoms. The first-order valence-corrected chi connectivity index (χ1v) is 11.4. The molecular formula is C27H26N4O2. The molecule has 4 aromatic rings. The van der Waals surface area contributed by atoms with Gasteiger partial charge in [0.25, 0.3) is 5.91 Å². The predicted octanol–water partition coefficient (Wildman–Crippen LogP) is 5.77. The zero-order valence-electron chi connectivity index (χ0n) is 18.3. The minimum atomic E-state index is -0.258. The highest BCUT2D eigenvalue weighted by molar-refractivity contribution is 6.06. The monoisotopic (exact) mass is 438 g/mol. The fraction of sp³-hybridized carbons (Fsp3) is 0.222. The molecule has 2 aromatic carbocycles. The van der Waals surface area contributed by atoms with E-state index in [0.717, 1.165) is 36.9 Å². The molecule has 6 nitrogen and oxygen atoms in total. The van der Waals surface area contributed by atoms with Crippen molar-refractivity contribution < 1.29 is 9.59 Å². The number of benzene rings is 2. The Morgan fingerprint density at radius 1 is 0.848 bits per heavy atom. The Hall–Kier alpha value is -3.93. The smallest absolute Gasteiger partial charge is 0.256 e. The average Bonchev–Trinajstić information content (AvgIpc) is 3.23. The molecule has 1 saturated carbocycles. The van der Waals surface area contributed by atoms with E-state index >= 15 is 0 Å². The van der Waals surface area contributed by atoms with Crippen molar-refractivity contribution in [3.8, 4) is 11.3 Å². The highest BCUT2D eigenvalue weighted by Gasteiger charge is 2.22. The van der Waals surface area contributed by atoms with Crippen LogP contribution in [0.2, 0.25) is 0 Å². The van der Waals surface area contributed by atoms with Crippen LogP contribution in [0.1, 0.15) is 42.5 Å². The Morgan fingerprint density at radius 3 is 2.45 bits per heavy atom. The number of hydrogen-bond acceptors (Lipinski definition) is 3. The van der Waals surface area contributed by atoms with Crippen LogP contribution in [0.15, 0.2) is 79.0 Å². The standard InChI is InChI=1S/C27H26N4O2/c32-26(20-12-5-2-6-13-20)28-22-15-9-14-21(18-22)27(33)30-25-24(19-10-3-1-4-11-19)29-23-16-7-8-17-31(23)25/h1,3-4,7-11,14-18,20H,2,5-6,12-13H2,(H,28,32)(H,30,33). The van der Waals surface area contributed by atoms with Gasteiger partial charge >= 0.3 is 0 Å². The van der Waals surface area contributed by atoms with E-state index in [0.29, 0.717) is 22.8 Å². The van der Waals surface area contributed by atoms with E-state index in [4.69, 9.17) is 4.98 Å². The lowest BCUT2D eigenvalue weighted by Crippen LogP contribution is -2.24. The van der Waals surface area contributed by atoms with E-state index in [2.05, 4.69) is 10.6 Å². The van der Waals surface area contributed by atoms with E-state index in [-0.39, 0.29) is 17.7 Å². The lowest BCUT2D eigenvalue weighted by molar-refractivity contribution is -0.120. The van der Waals surface area contributed by atoms with Crippen molar-refractivity contribution in [2.45, 2.75) is 32.1 Å². The van der Waals surface area contributed by atoms with Gasteiger partial charge in [0.15, 0.2) is 0 Å². The molecule has 2 amide bonds. The van der Waals surface area contributed by atoms with Gasteiger partial charge in [-0.3, -0.25) is 14.0 Å². The fourth-order valence-corrected chi connectivity index (χ4v) is 4.44. The van der Waals surface area contributed by atoms with E-state index in [1.54, 1.807) is 18.2 Å². The minimum Gasteiger partial charge on any atom is -0.326 e. The largest absolute Gasteiger partial charge is 0.326 e. The SMILES string of the molecule is O=C(Nc1c(-c2ccccc2)nc2ccccn12)c1cccc(NC(=O)C2CCCCC2)c1. The summed E-state index contributed by atoms with van der Waals surface area (Å²) in [6.45, 7) is 0. The summed E-state index contributed by atoms with van der Waals surface area (Å²) in [6, 6.07) is 22.6. The number of nitrogens with one attached hydrogen (secondary N) is 2.